The number of aromatic nitrogens is 1. The highest BCUT2D eigenvalue weighted by molar-refractivity contribution is 5.87. The number of nitrogens with one attached hydrogen (secondary N) is 1. The first-order chi connectivity index (χ1) is 15.6. The molecule has 2 aliphatic rings. The number of methoxy groups -OCH3 is 1. The van der Waals surface area contributed by atoms with Crippen molar-refractivity contribution in [1.29, 1.82) is 0 Å². The van der Waals surface area contributed by atoms with E-state index in [1.807, 2.05) is 23.1 Å². The van der Waals surface area contributed by atoms with E-state index in [2.05, 4.69) is 33.1 Å². The average Bonchev–Trinajstić information content (AvgIpc) is 3.41. The van der Waals surface area contributed by atoms with Crippen LogP contribution in [0, 0.1) is 5.82 Å². The van der Waals surface area contributed by atoms with E-state index in [9.17, 15) is 9.18 Å². The highest BCUT2D eigenvalue weighted by Crippen LogP contribution is 2.37. The molecule has 32 heavy (non-hydrogen) atoms. The number of ether oxygens (including phenoxy) is 1. The number of halogens is 1. The summed E-state index contributed by atoms with van der Waals surface area (Å²) in [6, 6.07) is 12.9. The molecule has 0 bridgehead atoms. The monoisotopic (exact) mass is 436 g/mol. The van der Waals surface area contributed by atoms with Gasteiger partial charge in [-0.2, -0.15) is 0 Å². The van der Waals surface area contributed by atoms with E-state index in [1.165, 1.54) is 23.1 Å². The second-order valence-corrected chi connectivity index (χ2v) is 8.65. The van der Waals surface area contributed by atoms with E-state index in [-0.39, 0.29) is 11.8 Å². The lowest BCUT2D eigenvalue weighted by Gasteiger charge is -2.32. The van der Waals surface area contributed by atoms with Crippen LogP contribution in [0.4, 0.5) is 9.18 Å². The van der Waals surface area contributed by atoms with Crippen LogP contribution in [-0.2, 0) is 0 Å². The lowest BCUT2D eigenvalue weighted by atomic mass is 9.89. The third kappa shape index (κ3) is 4.05. The first-order valence-electron chi connectivity index (χ1n) is 11.3. The summed E-state index contributed by atoms with van der Waals surface area (Å²) >= 11 is 0. The van der Waals surface area contributed by atoms with E-state index in [1.54, 1.807) is 7.11 Å². The Labute approximate surface area is 187 Å². The number of amides is 2. The molecule has 2 amide bonds. The van der Waals surface area contributed by atoms with Crippen molar-refractivity contribution in [2.24, 2.45) is 0 Å². The van der Waals surface area contributed by atoms with Crippen molar-refractivity contribution in [3.8, 4) is 11.4 Å². The van der Waals surface area contributed by atoms with Gasteiger partial charge in [-0.05, 0) is 79.9 Å². The first-order valence-corrected chi connectivity index (χ1v) is 11.3. The van der Waals surface area contributed by atoms with Crippen molar-refractivity contribution in [3.05, 3.63) is 60.0 Å². The van der Waals surface area contributed by atoms with Crippen LogP contribution in [0.5, 0.6) is 5.75 Å². The predicted molar refractivity (Wildman–Crippen MR) is 123 cm³/mol. The number of likely N-dealkylation sites (tertiary alicyclic amines) is 1. The van der Waals surface area contributed by atoms with Gasteiger partial charge < -0.3 is 24.4 Å². The second-order valence-electron chi connectivity index (χ2n) is 8.65. The molecule has 0 unspecified atom stereocenters. The van der Waals surface area contributed by atoms with Crippen molar-refractivity contribution in [1.82, 2.24) is 19.7 Å². The van der Waals surface area contributed by atoms with Crippen LogP contribution in [0.25, 0.3) is 16.6 Å². The van der Waals surface area contributed by atoms with Gasteiger partial charge in [0, 0.05) is 43.4 Å². The van der Waals surface area contributed by atoms with Crippen molar-refractivity contribution in [2.75, 3.05) is 46.4 Å². The highest BCUT2D eigenvalue weighted by Gasteiger charge is 2.26. The highest BCUT2D eigenvalue weighted by atomic mass is 19.1. The Hall–Kier alpha value is -3.06. The predicted octanol–water partition coefficient (Wildman–Crippen LogP) is 3.98. The summed E-state index contributed by atoms with van der Waals surface area (Å²) in [4.78, 5) is 16.1. The molecule has 0 saturated carbocycles. The fourth-order valence-corrected chi connectivity index (χ4v) is 4.96. The molecule has 0 spiro atoms. The van der Waals surface area contributed by atoms with Crippen LogP contribution in [0.15, 0.2) is 48.7 Å². The van der Waals surface area contributed by atoms with Gasteiger partial charge in [-0.15, -0.1) is 0 Å². The van der Waals surface area contributed by atoms with Crippen LogP contribution >= 0.6 is 0 Å². The summed E-state index contributed by atoms with van der Waals surface area (Å²) in [5, 5.41) is 4.06. The number of piperidine rings is 1. The van der Waals surface area contributed by atoms with E-state index >= 15 is 0 Å². The van der Waals surface area contributed by atoms with Gasteiger partial charge in [0.05, 0.1) is 12.6 Å². The number of carbonyl (C=O) groups is 1. The van der Waals surface area contributed by atoms with E-state index in [0.717, 1.165) is 69.1 Å². The van der Waals surface area contributed by atoms with Crippen LogP contribution in [-0.4, -0.2) is 66.8 Å². The van der Waals surface area contributed by atoms with Gasteiger partial charge >= 0.3 is 6.03 Å². The van der Waals surface area contributed by atoms with E-state index in [0.29, 0.717) is 5.92 Å². The number of fused-ring (bicyclic) bond motifs is 1. The second kappa shape index (κ2) is 8.82. The Balaban J connectivity index is 1.35. The Kier molecular flexibility index (Phi) is 5.74. The summed E-state index contributed by atoms with van der Waals surface area (Å²) in [5.74, 6) is 1.07. The van der Waals surface area contributed by atoms with Gasteiger partial charge in [-0.1, -0.05) is 0 Å². The third-order valence-corrected chi connectivity index (χ3v) is 6.81. The maximum atomic E-state index is 13.5. The summed E-state index contributed by atoms with van der Waals surface area (Å²) in [5.41, 5.74) is 3.38. The molecular weight excluding hydrogens is 407 g/mol. The lowest BCUT2D eigenvalue weighted by molar-refractivity contribution is 0.181. The molecule has 3 aromatic rings. The number of hydrogen-bond donors (Lipinski definition) is 1. The molecule has 1 aromatic heterocycles. The van der Waals surface area contributed by atoms with Gasteiger partial charge in [0.2, 0.25) is 0 Å². The van der Waals surface area contributed by atoms with Gasteiger partial charge in [-0.25, -0.2) is 9.18 Å². The molecule has 1 N–H and O–H groups in total. The molecule has 0 atom stereocenters. The number of benzene rings is 2. The summed E-state index contributed by atoms with van der Waals surface area (Å²) < 4.78 is 21.1. The summed E-state index contributed by atoms with van der Waals surface area (Å²) in [7, 11) is 1.69. The molecule has 6 nitrogen and oxygen atoms in total. The lowest BCUT2D eigenvalue weighted by Crippen LogP contribution is -2.40. The van der Waals surface area contributed by atoms with E-state index in [4.69, 9.17) is 4.74 Å². The third-order valence-electron chi connectivity index (χ3n) is 6.81. The van der Waals surface area contributed by atoms with Crippen LogP contribution in [0.2, 0.25) is 0 Å². The fourth-order valence-electron chi connectivity index (χ4n) is 4.96. The van der Waals surface area contributed by atoms with Crippen LogP contribution in [0.1, 0.15) is 24.3 Å². The number of nitrogens with zero attached hydrogens (tertiary/aromatic N) is 3. The summed E-state index contributed by atoms with van der Waals surface area (Å²) in [6.45, 7) is 5.31. The zero-order valence-corrected chi connectivity index (χ0v) is 18.4. The first kappa shape index (κ1) is 20.8. The van der Waals surface area contributed by atoms with Gasteiger partial charge in [0.1, 0.15) is 11.6 Å². The largest absolute Gasteiger partial charge is 0.497 e. The Morgan fingerprint density at radius 1 is 1.06 bits per heavy atom. The summed E-state index contributed by atoms with van der Waals surface area (Å²) in [6.07, 6.45) is 4.37. The van der Waals surface area contributed by atoms with Crippen molar-refractivity contribution < 1.29 is 13.9 Å². The minimum atomic E-state index is -0.231. The zero-order chi connectivity index (χ0) is 22.1. The quantitative estimate of drug-likeness (QED) is 0.636. The normalized spacial score (nSPS) is 17.8. The van der Waals surface area contributed by atoms with E-state index < -0.39 is 0 Å². The smallest absolute Gasteiger partial charge is 0.317 e. The van der Waals surface area contributed by atoms with Crippen molar-refractivity contribution >= 4 is 16.9 Å². The topological polar surface area (TPSA) is 49.7 Å². The molecule has 0 aliphatic carbocycles. The molecule has 2 aromatic carbocycles. The molecule has 7 heteroatoms. The van der Waals surface area contributed by atoms with Crippen molar-refractivity contribution in [2.45, 2.75) is 18.8 Å². The standard InChI is InChI=1S/C25H29FN4O2/c1-32-21-6-7-24-22(16-21)23(17-30(24)20-4-2-19(26)3-5-20)18-8-11-28(12-9-18)14-15-29-13-10-27-25(29)31/h2-7,16-18H,8-15H2,1H3,(H,27,31). The number of urea groups is 1. The molecule has 2 aliphatic heterocycles. The van der Waals surface area contributed by atoms with Gasteiger partial charge in [0.15, 0.2) is 0 Å². The fraction of sp³-hybridized carbons (Fsp3) is 0.400. The zero-order valence-electron chi connectivity index (χ0n) is 18.4. The molecule has 5 rings (SSSR count). The Morgan fingerprint density at radius 3 is 2.53 bits per heavy atom. The molecular formula is C25H29FN4O2. The maximum Gasteiger partial charge on any atom is 0.317 e. The van der Waals surface area contributed by atoms with Gasteiger partial charge in [0.25, 0.3) is 0 Å². The molecule has 3 heterocycles. The Morgan fingerprint density at radius 2 is 1.84 bits per heavy atom. The molecule has 2 saturated heterocycles. The molecule has 0 radical (unpaired) electrons. The van der Waals surface area contributed by atoms with Crippen LogP contribution in [0.3, 0.4) is 0 Å². The minimum absolute atomic E-state index is 0.0578. The number of hydrogen-bond acceptors (Lipinski definition) is 3. The maximum absolute atomic E-state index is 13.5. The minimum Gasteiger partial charge on any atom is -0.497 e. The Bertz CT molecular complexity index is 1100. The van der Waals surface area contributed by atoms with Gasteiger partial charge in [-0.3, -0.25) is 0 Å². The number of carbonyl (C=O) groups excluding carboxylic acids is 1. The molecule has 168 valence electrons. The van der Waals surface area contributed by atoms with Crippen LogP contribution < -0.4 is 10.1 Å². The molecule has 2 fully saturated rings. The SMILES string of the molecule is COc1ccc2c(c1)c(C1CCN(CCN3CCNC3=O)CC1)cn2-c1ccc(F)cc1. The average molecular weight is 437 g/mol. The number of rotatable bonds is 6. The van der Waals surface area contributed by atoms with Crippen molar-refractivity contribution in [3.63, 3.8) is 0 Å².